The number of alkyl halides is 1. The summed E-state index contributed by atoms with van der Waals surface area (Å²) in [6.45, 7) is 4.49. The van der Waals surface area contributed by atoms with Crippen molar-refractivity contribution >= 4 is 17.5 Å². The zero-order valence-electron chi connectivity index (χ0n) is 11.2. The van der Waals surface area contributed by atoms with E-state index in [4.69, 9.17) is 16.7 Å². The van der Waals surface area contributed by atoms with Gasteiger partial charge in [-0.2, -0.15) is 0 Å². The summed E-state index contributed by atoms with van der Waals surface area (Å²) in [6, 6.07) is 3.48. The van der Waals surface area contributed by atoms with Crippen LogP contribution in [0.4, 0.5) is 4.39 Å². The molecule has 106 valence electrons. The third-order valence-electron chi connectivity index (χ3n) is 2.91. The monoisotopic (exact) mass is 287 g/mol. The van der Waals surface area contributed by atoms with Gasteiger partial charge in [-0.3, -0.25) is 4.79 Å². The summed E-state index contributed by atoms with van der Waals surface area (Å²) in [4.78, 5) is 11.8. The number of halogens is 2. The summed E-state index contributed by atoms with van der Waals surface area (Å²) in [7, 11) is 0. The Kier molecular flexibility index (Phi) is 5.60. The van der Waals surface area contributed by atoms with Crippen molar-refractivity contribution in [1.82, 2.24) is 5.32 Å². The van der Waals surface area contributed by atoms with Crippen LogP contribution in [0.2, 0.25) is 0 Å². The van der Waals surface area contributed by atoms with Gasteiger partial charge in [-0.05, 0) is 30.4 Å². The van der Waals surface area contributed by atoms with E-state index in [0.29, 0.717) is 12.4 Å². The van der Waals surface area contributed by atoms with Crippen molar-refractivity contribution in [3.05, 3.63) is 29.6 Å². The van der Waals surface area contributed by atoms with Crippen LogP contribution in [0.3, 0.4) is 0 Å². The molecular weight excluding hydrogens is 269 g/mol. The number of aromatic hydroxyl groups is 1. The molecular formula is C14H19ClFNO2. The minimum Gasteiger partial charge on any atom is -0.508 e. The molecule has 1 aromatic rings. The Bertz CT molecular complexity index is 449. The second kappa shape index (κ2) is 6.75. The summed E-state index contributed by atoms with van der Waals surface area (Å²) in [5.74, 6) is -0.812. The van der Waals surface area contributed by atoms with E-state index in [-0.39, 0.29) is 16.7 Å². The summed E-state index contributed by atoms with van der Waals surface area (Å²) in [5.41, 5.74) is -0.149. The van der Waals surface area contributed by atoms with Crippen LogP contribution >= 0.6 is 11.6 Å². The lowest BCUT2D eigenvalue weighted by Gasteiger charge is -2.24. The van der Waals surface area contributed by atoms with Gasteiger partial charge in [-0.15, -0.1) is 11.6 Å². The highest BCUT2D eigenvalue weighted by Gasteiger charge is 2.20. The first-order valence-corrected chi connectivity index (χ1v) is 6.72. The number of phenolic OH excluding ortho intramolecular Hbond substituents is 1. The molecule has 0 fully saturated rings. The van der Waals surface area contributed by atoms with E-state index in [2.05, 4.69) is 5.32 Å². The largest absolute Gasteiger partial charge is 0.508 e. The topological polar surface area (TPSA) is 49.3 Å². The average Bonchev–Trinajstić information content (AvgIpc) is 2.34. The van der Waals surface area contributed by atoms with Crippen molar-refractivity contribution in [2.45, 2.75) is 26.7 Å². The molecule has 0 aliphatic rings. The molecule has 3 nitrogen and oxygen atoms in total. The molecule has 0 unspecified atom stereocenters. The Morgan fingerprint density at radius 3 is 2.74 bits per heavy atom. The Morgan fingerprint density at radius 2 is 2.16 bits per heavy atom. The maximum atomic E-state index is 13.5. The van der Waals surface area contributed by atoms with Crippen LogP contribution in [-0.2, 0) is 0 Å². The van der Waals surface area contributed by atoms with Crippen molar-refractivity contribution < 1.29 is 14.3 Å². The van der Waals surface area contributed by atoms with Crippen LogP contribution in [-0.4, -0.2) is 23.4 Å². The predicted octanol–water partition coefficient (Wildman–Crippen LogP) is 3.31. The minimum absolute atomic E-state index is 0.0639. The van der Waals surface area contributed by atoms with Gasteiger partial charge in [-0.1, -0.05) is 13.8 Å². The van der Waals surface area contributed by atoms with Crippen LogP contribution in [0.25, 0.3) is 0 Å². The molecule has 0 spiro atoms. The Hall–Kier alpha value is -1.29. The van der Waals surface area contributed by atoms with Gasteiger partial charge in [0.25, 0.3) is 5.91 Å². The number of hydrogen-bond acceptors (Lipinski definition) is 2. The van der Waals surface area contributed by atoms with Gasteiger partial charge in [0.1, 0.15) is 11.6 Å². The Balaban J connectivity index is 2.60. The zero-order valence-corrected chi connectivity index (χ0v) is 11.9. The first-order chi connectivity index (χ1) is 8.85. The molecule has 1 rings (SSSR count). The maximum Gasteiger partial charge on any atom is 0.254 e. The molecule has 1 amide bonds. The van der Waals surface area contributed by atoms with Gasteiger partial charge in [0.15, 0.2) is 0 Å². The lowest BCUT2D eigenvalue weighted by molar-refractivity contribution is 0.0930. The third-order valence-corrected chi connectivity index (χ3v) is 3.18. The first-order valence-electron chi connectivity index (χ1n) is 6.18. The molecule has 0 aromatic heterocycles. The fraction of sp³-hybridized carbons (Fsp3) is 0.500. The molecule has 0 aliphatic heterocycles. The molecule has 2 N–H and O–H groups in total. The number of carbonyl (C=O) groups is 1. The fourth-order valence-corrected chi connectivity index (χ4v) is 1.87. The summed E-state index contributed by atoms with van der Waals surface area (Å²) < 4.78 is 13.5. The highest BCUT2D eigenvalue weighted by Crippen LogP contribution is 2.22. The number of hydrogen-bond donors (Lipinski definition) is 2. The van der Waals surface area contributed by atoms with E-state index in [1.165, 1.54) is 12.1 Å². The smallest absolute Gasteiger partial charge is 0.254 e. The van der Waals surface area contributed by atoms with Gasteiger partial charge in [0, 0.05) is 18.5 Å². The molecule has 0 saturated heterocycles. The van der Waals surface area contributed by atoms with Crippen LogP contribution in [0.1, 0.15) is 37.0 Å². The van der Waals surface area contributed by atoms with E-state index in [1.54, 1.807) is 0 Å². The number of amides is 1. The molecule has 1 aromatic carbocycles. The van der Waals surface area contributed by atoms with Crippen molar-refractivity contribution in [2.24, 2.45) is 5.41 Å². The van der Waals surface area contributed by atoms with Crippen molar-refractivity contribution in [3.63, 3.8) is 0 Å². The molecule has 5 heteroatoms. The quantitative estimate of drug-likeness (QED) is 0.789. The van der Waals surface area contributed by atoms with E-state index in [0.717, 1.165) is 18.9 Å². The standard InChI is InChI=1S/C14H19ClFNO2/c1-14(2,6-3-7-15)9-17-13(19)11-5-4-10(18)8-12(11)16/h4-5,8,18H,3,6-7,9H2,1-2H3,(H,17,19). The van der Waals surface area contributed by atoms with E-state index < -0.39 is 11.7 Å². The van der Waals surface area contributed by atoms with Gasteiger partial charge in [0.2, 0.25) is 0 Å². The number of phenols is 1. The van der Waals surface area contributed by atoms with Crippen molar-refractivity contribution in [3.8, 4) is 5.75 Å². The molecule has 0 aliphatic carbocycles. The highest BCUT2D eigenvalue weighted by atomic mass is 35.5. The average molecular weight is 288 g/mol. The zero-order chi connectivity index (χ0) is 14.5. The van der Waals surface area contributed by atoms with Gasteiger partial charge < -0.3 is 10.4 Å². The molecule has 0 saturated carbocycles. The summed E-state index contributed by atoms with van der Waals surface area (Å²) in [5, 5.41) is 11.8. The van der Waals surface area contributed by atoms with Crippen LogP contribution in [0.5, 0.6) is 5.75 Å². The maximum absolute atomic E-state index is 13.5. The highest BCUT2D eigenvalue weighted by molar-refractivity contribution is 6.17. The Morgan fingerprint density at radius 1 is 1.47 bits per heavy atom. The number of rotatable bonds is 6. The van der Waals surface area contributed by atoms with E-state index >= 15 is 0 Å². The molecule has 0 heterocycles. The van der Waals surface area contributed by atoms with Crippen LogP contribution < -0.4 is 5.32 Å². The SMILES string of the molecule is CC(C)(CCCCl)CNC(=O)c1ccc(O)cc1F. The number of nitrogens with one attached hydrogen (secondary N) is 1. The summed E-state index contributed by atoms with van der Waals surface area (Å²) >= 11 is 5.64. The first kappa shape index (κ1) is 15.8. The van der Waals surface area contributed by atoms with Crippen molar-refractivity contribution in [1.29, 1.82) is 0 Å². The number of benzene rings is 1. The predicted molar refractivity (Wildman–Crippen MR) is 74.1 cm³/mol. The van der Waals surface area contributed by atoms with Gasteiger partial charge in [0.05, 0.1) is 5.56 Å². The lowest BCUT2D eigenvalue weighted by atomic mass is 9.88. The Labute approximate surface area is 117 Å². The van der Waals surface area contributed by atoms with E-state index in [9.17, 15) is 9.18 Å². The van der Waals surface area contributed by atoms with Crippen LogP contribution in [0, 0.1) is 11.2 Å². The normalized spacial score (nSPS) is 11.4. The minimum atomic E-state index is -0.726. The molecule has 0 atom stereocenters. The second-order valence-corrected chi connectivity index (χ2v) is 5.68. The fourth-order valence-electron chi connectivity index (χ4n) is 1.74. The van der Waals surface area contributed by atoms with E-state index in [1.807, 2.05) is 13.8 Å². The third kappa shape index (κ3) is 5.07. The summed E-state index contributed by atoms with van der Waals surface area (Å²) in [6.07, 6.45) is 1.76. The number of carbonyl (C=O) groups excluding carboxylic acids is 1. The van der Waals surface area contributed by atoms with Gasteiger partial charge >= 0.3 is 0 Å². The molecule has 19 heavy (non-hydrogen) atoms. The van der Waals surface area contributed by atoms with Crippen molar-refractivity contribution in [2.75, 3.05) is 12.4 Å². The molecule has 0 radical (unpaired) electrons. The lowest BCUT2D eigenvalue weighted by Crippen LogP contribution is -2.34. The second-order valence-electron chi connectivity index (χ2n) is 5.30. The van der Waals surface area contributed by atoms with Gasteiger partial charge in [-0.25, -0.2) is 4.39 Å². The molecule has 0 bridgehead atoms. The van der Waals surface area contributed by atoms with Crippen LogP contribution in [0.15, 0.2) is 18.2 Å².